The molecule has 3 heterocycles. The van der Waals surface area contributed by atoms with Crippen molar-refractivity contribution in [3.8, 4) is 22.0 Å². The van der Waals surface area contributed by atoms with E-state index in [0.29, 0.717) is 11.5 Å². The van der Waals surface area contributed by atoms with Gasteiger partial charge in [0.25, 0.3) is 0 Å². The van der Waals surface area contributed by atoms with Crippen molar-refractivity contribution in [1.82, 2.24) is 9.97 Å². The van der Waals surface area contributed by atoms with E-state index in [0.717, 1.165) is 10.6 Å². The van der Waals surface area contributed by atoms with Crippen LogP contribution in [0.1, 0.15) is 0 Å². The number of halogens is 1. The Morgan fingerprint density at radius 1 is 1.12 bits per heavy atom. The van der Waals surface area contributed by atoms with Gasteiger partial charge in [-0.05, 0) is 41.2 Å². The molecule has 0 saturated carbocycles. The van der Waals surface area contributed by atoms with Gasteiger partial charge in [0.1, 0.15) is 5.69 Å². The number of nitrogens with zero attached hydrogens (tertiary/aromatic N) is 2. The summed E-state index contributed by atoms with van der Waals surface area (Å²) >= 11 is 7.54. The van der Waals surface area contributed by atoms with Gasteiger partial charge in [0, 0.05) is 0 Å². The summed E-state index contributed by atoms with van der Waals surface area (Å²) in [5, 5.41) is 2.22. The van der Waals surface area contributed by atoms with Crippen molar-refractivity contribution in [1.29, 1.82) is 0 Å². The second-order valence-electron chi connectivity index (χ2n) is 3.36. The molecule has 84 valence electrons. The molecule has 0 amide bonds. The average molecular weight is 263 g/mol. The fraction of sp³-hybridized carbons (Fsp3) is 0. The van der Waals surface area contributed by atoms with Gasteiger partial charge in [-0.15, -0.1) is 11.3 Å². The van der Waals surface area contributed by atoms with Gasteiger partial charge < -0.3 is 4.42 Å². The van der Waals surface area contributed by atoms with Crippen molar-refractivity contribution in [3.05, 3.63) is 47.3 Å². The van der Waals surface area contributed by atoms with Gasteiger partial charge in [-0.1, -0.05) is 6.07 Å². The number of thiophene rings is 1. The molecule has 0 bridgehead atoms. The third-order valence-electron chi connectivity index (χ3n) is 2.25. The molecule has 0 fully saturated rings. The maximum atomic E-state index is 5.92. The first kappa shape index (κ1) is 10.5. The molecule has 0 aliphatic rings. The van der Waals surface area contributed by atoms with Crippen molar-refractivity contribution in [2.24, 2.45) is 0 Å². The first-order valence-electron chi connectivity index (χ1n) is 4.95. The van der Waals surface area contributed by atoms with Crippen LogP contribution in [-0.2, 0) is 0 Å². The van der Waals surface area contributed by atoms with Crippen LogP contribution < -0.4 is 0 Å². The summed E-state index contributed by atoms with van der Waals surface area (Å²) in [6, 6.07) is 9.50. The van der Waals surface area contributed by atoms with E-state index in [1.807, 2.05) is 35.7 Å². The van der Waals surface area contributed by atoms with Gasteiger partial charge in [0.05, 0.1) is 16.8 Å². The molecule has 0 aliphatic heterocycles. The fourth-order valence-corrected chi connectivity index (χ4v) is 2.39. The van der Waals surface area contributed by atoms with E-state index >= 15 is 0 Å². The molecule has 5 heteroatoms. The summed E-state index contributed by atoms with van der Waals surface area (Å²) in [4.78, 5) is 9.42. The average Bonchev–Trinajstić information content (AvgIpc) is 3.02. The SMILES string of the molecule is Clc1nc(-c2ccco2)cc(-c2cccs2)n1. The van der Waals surface area contributed by atoms with Crippen LogP contribution in [0.25, 0.3) is 22.0 Å². The second-order valence-corrected chi connectivity index (χ2v) is 4.65. The van der Waals surface area contributed by atoms with Gasteiger partial charge in [-0.3, -0.25) is 0 Å². The van der Waals surface area contributed by atoms with Crippen LogP contribution in [-0.4, -0.2) is 9.97 Å². The summed E-state index contributed by atoms with van der Waals surface area (Å²) in [5.74, 6) is 0.687. The van der Waals surface area contributed by atoms with Gasteiger partial charge in [0.2, 0.25) is 5.28 Å². The maximum absolute atomic E-state index is 5.92. The Bertz CT molecular complexity index is 568. The predicted octanol–water partition coefficient (Wildman–Crippen LogP) is 4.12. The zero-order valence-corrected chi connectivity index (χ0v) is 10.2. The number of hydrogen-bond acceptors (Lipinski definition) is 4. The Morgan fingerprint density at radius 2 is 2.00 bits per heavy atom. The summed E-state index contributed by atoms with van der Waals surface area (Å²) < 4.78 is 5.30. The highest BCUT2D eigenvalue weighted by atomic mass is 35.5. The zero-order valence-electron chi connectivity index (χ0n) is 8.63. The van der Waals surface area contributed by atoms with Gasteiger partial charge in [-0.25, -0.2) is 9.97 Å². The smallest absolute Gasteiger partial charge is 0.223 e. The first-order chi connectivity index (χ1) is 8.33. The van der Waals surface area contributed by atoms with Crippen LogP contribution >= 0.6 is 22.9 Å². The molecule has 0 aromatic carbocycles. The standard InChI is InChI=1S/C12H7ClN2OS/c13-12-14-8(10-3-1-5-16-10)7-9(15-12)11-4-2-6-17-11/h1-7H. The van der Waals surface area contributed by atoms with Crippen molar-refractivity contribution in [2.75, 3.05) is 0 Å². The minimum absolute atomic E-state index is 0.224. The molecule has 0 radical (unpaired) electrons. The first-order valence-corrected chi connectivity index (χ1v) is 6.21. The molecule has 0 aliphatic carbocycles. The molecule has 0 unspecified atom stereocenters. The van der Waals surface area contributed by atoms with Crippen LogP contribution in [0.3, 0.4) is 0 Å². The molecule has 3 nitrogen and oxygen atoms in total. The van der Waals surface area contributed by atoms with E-state index < -0.39 is 0 Å². The normalized spacial score (nSPS) is 10.6. The maximum Gasteiger partial charge on any atom is 0.223 e. The van der Waals surface area contributed by atoms with Crippen LogP contribution in [0.2, 0.25) is 5.28 Å². The van der Waals surface area contributed by atoms with E-state index in [1.165, 1.54) is 0 Å². The van der Waals surface area contributed by atoms with Crippen LogP contribution in [0.5, 0.6) is 0 Å². The Labute approximate surface area is 107 Å². The quantitative estimate of drug-likeness (QED) is 0.652. The number of furan rings is 1. The van der Waals surface area contributed by atoms with Gasteiger partial charge >= 0.3 is 0 Å². The zero-order chi connectivity index (χ0) is 11.7. The predicted molar refractivity (Wildman–Crippen MR) is 68.1 cm³/mol. The van der Waals surface area contributed by atoms with E-state index in [1.54, 1.807) is 17.6 Å². The minimum Gasteiger partial charge on any atom is -0.463 e. The molecule has 3 rings (SSSR count). The van der Waals surface area contributed by atoms with Crippen molar-refractivity contribution < 1.29 is 4.42 Å². The number of aromatic nitrogens is 2. The highest BCUT2D eigenvalue weighted by Gasteiger charge is 2.09. The Balaban J connectivity index is 2.13. The van der Waals surface area contributed by atoms with Crippen molar-refractivity contribution >= 4 is 22.9 Å². The van der Waals surface area contributed by atoms with E-state index in [-0.39, 0.29) is 5.28 Å². The van der Waals surface area contributed by atoms with E-state index in [2.05, 4.69) is 9.97 Å². The summed E-state index contributed by atoms with van der Waals surface area (Å²) in [5.41, 5.74) is 1.50. The monoisotopic (exact) mass is 262 g/mol. The Kier molecular flexibility index (Phi) is 2.66. The van der Waals surface area contributed by atoms with Crippen LogP contribution in [0.4, 0.5) is 0 Å². The molecule has 3 aromatic rings. The summed E-state index contributed by atoms with van der Waals surface area (Å²) in [6.07, 6.45) is 1.61. The Hall–Kier alpha value is -1.65. The summed E-state index contributed by atoms with van der Waals surface area (Å²) in [7, 11) is 0. The molecule has 0 N–H and O–H groups in total. The van der Waals surface area contributed by atoms with Crippen molar-refractivity contribution in [3.63, 3.8) is 0 Å². The van der Waals surface area contributed by atoms with Crippen LogP contribution in [0.15, 0.2) is 46.4 Å². The molecule has 0 spiro atoms. The third-order valence-corrected chi connectivity index (χ3v) is 3.31. The second kappa shape index (κ2) is 4.31. The highest BCUT2D eigenvalue weighted by molar-refractivity contribution is 7.13. The van der Waals surface area contributed by atoms with E-state index in [4.69, 9.17) is 16.0 Å². The molecular formula is C12H7ClN2OS. The van der Waals surface area contributed by atoms with Crippen molar-refractivity contribution in [2.45, 2.75) is 0 Å². The number of rotatable bonds is 2. The van der Waals surface area contributed by atoms with Gasteiger partial charge in [0.15, 0.2) is 5.76 Å². The lowest BCUT2D eigenvalue weighted by Crippen LogP contribution is -1.89. The molecule has 0 atom stereocenters. The lowest BCUT2D eigenvalue weighted by Gasteiger charge is -2.01. The van der Waals surface area contributed by atoms with Crippen LogP contribution in [0, 0.1) is 0 Å². The minimum atomic E-state index is 0.224. The lowest BCUT2D eigenvalue weighted by atomic mass is 10.2. The molecule has 3 aromatic heterocycles. The Morgan fingerprint density at radius 3 is 2.71 bits per heavy atom. The lowest BCUT2D eigenvalue weighted by molar-refractivity contribution is 0.580. The topological polar surface area (TPSA) is 38.9 Å². The third kappa shape index (κ3) is 2.09. The summed E-state index contributed by atoms with van der Waals surface area (Å²) in [6.45, 7) is 0. The van der Waals surface area contributed by atoms with E-state index in [9.17, 15) is 0 Å². The van der Waals surface area contributed by atoms with Gasteiger partial charge in [-0.2, -0.15) is 0 Å². The largest absolute Gasteiger partial charge is 0.463 e. The number of hydrogen-bond donors (Lipinski definition) is 0. The molecule has 0 saturated heterocycles. The fourth-order valence-electron chi connectivity index (χ4n) is 1.52. The molecular weight excluding hydrogens is 256 g/mol. The highest BCUT2D eigenvalue weighted by Crippen LogP contribution is 2.27. The molecule has 17 heavy (non-hydrogen) atoms.